The smallest absolute Gasteiger partial charge is 0.333 e. The summed E-state index contributed by atoms with van der Waals surface area (Å²) in [5.74, 6) is -0.374. The molecule has 0 fully saturated rings. The summed E-state index contributed by atoms with van der Waals surface area (Å²) in [4.78, 5) is 43.8. The molecule has 0 radical (unpaired) electrons. The standard InChI is InChI=1S/C25H35N5O3/c1-6-8-12-28-16-26-23-22(28)24(32)30(25(33)29(23)13-9-7-2)15-21(31)27-19(5)20-11-10-17(3)18(4)14-20/h10-11,14,16,19H,6-9,12-13,15H2,1-5H3,(H,27,31). The van der Waals surface area contributed by atoms with Crippen LogP contribution in [0.2, 0.25) is 0 Å². The maximum atomic E-state index is 13.3. The highest BCUT2D eigenvalue weighted by Gasteiger charge is 2.20. The van der Waals surface area contributed by atoms with Crippen LogP contribution < -0.4 is 16.6 Å². The highest BCUT2D eigenvalue weighted by atomic mass is 16.2. The second-order valence-electron chi connectivity index (χ2n) is 8.78. The summed E-state index contributed by atoms with van der Waals surface area (Å²) >= 11 is 0. The van der Waals surface area contributed by atoms with Crippen molar-refractivity contribution in [2.45, 2.75) is 86.0 Å². The van der Waals surface area contributed by atoms with E-state index in [2.05, 4.69) is 17.2 Å². The van der Waals surface area contributed by atoms with Crippen LogP contribution in [0.15, 0.2) is 34.1 Å². The molecule has 1 aromatic carbocycles. The number of unbranched alkanes of at least 4 members (excludes halogenated alkanes) is 2. The summed E-state index contributed by atoms with van der Waals surface area (Å²) in [6, 6.07) is 5.81. The molecule has 1 atom stereocenters. The Morgan fingerprint density at radius 1 is 1.03 bits per heavy atom. The fourth-order valence-corrected chi connectivity index (χ4v) is 3.94. The molecule has 1 amide bonds. The number of nitrogens with zero attached hydrogens (tertiary/aromatic N) is 4. The van der Waals surface area contributed by atoms with E-state index in [1.54, 1.807) is 10.9 Å². The Kier molecular flexibility index (Phi) is 7.89. The van der Waals surface area contributed by atoms with E-state index in [1.807, 2.05) is 45.9 Å². The molecule has 0 spiro atoms. The molecule has 178 valence electrons. The van der Waals surface area contributed by atoms with Crippen LogP contribution in [0.25, 0.3) is 11.2 Å². The molecule has 3 rings (SSSR count). The predicted octanol–water partition coefficient (Wildman–Crippen LogP) is 3.45. The average molecular weight is 454 g/mol. The van der Waals surface area contributed by atoms with Gasteiger partial charge in [0.2, 0.25) is 5.91 Å². The lowest BCUT2D eigenvalue weighted by molar-refractivity contribution is -0.122. The monoisotopic (exact) mass is 453 g/mol. The normalized spacial score (nSPS) is 12.3. The van der Waals surface area contributed by atoms with E-state index in [-0.39, 0.29) is 18.5 Å². The number of nitrogens with one attached hydrogen (secondary N) is 1. The molecule has 0 saturated heterocycles. The Morgan fingerprint density at radius 3 is 2.39 bits per heavy atom. The van der Waals surface area contributed by atoms with E-state index in [0.717, 1.165) is 41.4 Å². The summed E-state index contributed by atoms with van der Waals surface area (Å²) in [7, 11) is 0. The summed E-state index contributed by atoms with van der Waals surface area (Å²) in [5.41, 5.74) is 3.14. The van der Waals surface area contributed by atoms with Crippen LogP contribution in [-0.4, -0.2) is 24.6 Å². The lowest BCUT2D eigenvalue weighted by Crippen LogP contribution is -2.44. The first-order chi connectivity index (χ1) is 15.8. The van der Waals surface area contributed by atoms with E-state index >= 15 is 0 Å². The molecular formula is C25H35N5O3. The third kappa shape index (κ3) is 5.26. The largest absolute Gasteiger partial charge is 0.348 e. The van der Waals surface area contributed by atoms with Gasteiger partial charge in [0, 0.05) is 13.1 Å². The number of carbonyl (C=O) groups is 1. The second-order valence-corrected chi connectivity index (χ2v) is 8.78. The second kappa shape index (κ2) is 10.6. The molecule has 0 bridgehead atoms. The number of imidazole rings is 1. The van der Waals surface area contributed by atoms with E-state index in [1.165, 1.54) is 10.1 Å². The van der Waals surface area contributed by atoms with Crippen LogP contribution in [0.4, 0.5) is 0 Å². The van der Waals surface area contributed by atoms with Crippen LogP contribution in [0, 0.1) is 13.8 Å². The maximum absolute atomic E-state index is 13.3. The van der Waals surface area contributed by atoms with Gasteiger partial charge in [0.1, 0.15) is 6.54 Å². The number of aryl methyl sites for hydroxylation is 4. The molecule has 3 aromatic rings. The SMILES string of the molecule is CCCCn1cnc2c1c(=O)n(CC(=O)NC(C)c1ccc(C)c(C)c1)c(=O)n2CCCC. The van der Waals surface area contributed by atoms with E-state index in [0.29, 0.717) is 24.3 Å². The highest BCUT2D eigenvalue weighted by Crippen LogP contribution is 2.16. The predicted molar refractivity (Wildman–Crippen MR) is 131 cm³/mol. The van der Waals surface area contributed by atoms with Crippen LogP contribution in [-0.2, 0) is 24.4 Å². The van der Waals surface area contributed by atoms with Gasteiger partial charge in [0.15, 0.2) is 11.2 Å². The van der Waals surface area contributed by atoms with Gasteiger partial charge in [-0.25, -0.2) is 14.3 Å². The lowest BCUT2D eigenvalue weighted by Gasteiger charge is -2.17. The van der Waals surface area contributed by atoms with Crippen LogP contribution in [0.5, 0.6) is 0 Å². The molecule has 33 heavy (non-hydrogen) atoms. The minimum Gasteiger partial charge on any atom is -0.348 e. The molecule has 1 N–H and O–H groups in total. The molecule has 2 aromatic heterocycles. The Labute approximate surface area is 194 Å². The quantitative estimate of drug-likeness (QED) is 0.509. The highest BCUT2D eigenvalue weighted by molar-refractivity contribution is 5.77. The topological polar surface area (TPSA) is 90.9 Å². The Balaban J connectivity index is 1.95. The third-order valence-electron chi connectivity index (χ3n) is 6.18. The van der Waals surface area contributed by atoms with Crippen molar-refractivity contribution in [3.8, 4) is 0 Å². The van der Waals surface area contributed by atoms with Crippen LogP contribution >= 0.6 is 0 Å². The van der Waals surface area contributed by atoms with Gasteiger partial charge in [-0.1, -0.05) is 44.9 Å². The minimum absolute atomic E-state index is 0.242. The van der Waals surface area contributed by atoms with Crippen LogP contribution in [0.3, 0.4) is 0 Å². The van der Waals surface area contributed by atoms with Crippen molar-refractivity contribution in [3.05, 3.63) is 62.1 Å². The number of aromatic nitrogens is 4. The summed E-state index contributed by atoms with van der Waals surface area (Å²) < 4.78 is 4.38. The molecular weight excluding hydrogens is 418 g/mol. The van der Waals surface area contributed by atoms with Crippen LogP contribution in [0.1, 0.15) is 69.2 Å². The van der Waals surface area contributed by atoms with Gasteiger partial charge in [0.25, 0.3) is 5.56 Å². The first kappa shape index (κ1) is 24.5. The fourth-order valence-electron chi connectivity index (χ4n) is 3.94. The zero-order valence-electron chi connectivity index (χ0n) is 20.4. The molecule has 2 heterocycles. The van der Waals surface area contributed by atoms with Crippen molar-refractivity contribution < 1.29 is 4.79 Å². The van der Waals surface area contributed by atoms with Gasteiger partial charge in [-0.2, -0.15) is 0 Å². The van der Waals surface area contributed by atoms with E-state index in [9.17, 15) is 14.4 Å². The van der Waals surface area contributed by atoms with Gasteiger partial charge >= 0.3 is 5.69 Å². The van der Waals surface area contributed by atoms with Crippen molar-refractivity contribution in [3.63, 3.8) is 0 Å². The van der Waals surface area contributed by atoms with Crippen molar-refractivity contribution >= 4 is 17.1 Å². The number of benzene rings is 1. The molecule has 0 aliphatic rings. The summed E-state index contributed by atoms with van der Waals surface area (Å²) in [6.07, 6.45) is 5.17. The molecule has 8 nitrogen and oxygen atoms in total. The molecule has 1 unspecified atom stereocenters. The van der Waals surface area contributed by atoms with Gasteiger partial charge < -0.3 is 9.88 Å². The first-order valence-electron chi connectivity index (χ1n) is 11.8. The summed E-state index contributed by atoms with van der Waals surface area (Å²) in [6.45, 7) is 10.9. The number of fused-ring (bicyclic) bond motifs is 1. The third-order valence-corrected chi connectivity index (χ3v) is 6.18. The maximum Gasteiger partial charge on any atom is 0.333 e. The van der Waals surface area contributed by atoms with Crippen molar-refractivity contribution in [1.29, 1.82) is 0 Å². The number of rotatable bonds is 10. The minimum atomic E-state index is -0.490. The number of hydrogen-bond acceptors (Lipinski definition) is 4. The summed E-state index contributed by atoms with van der Waals surface area (Å²) in [5, 5.41) is 2.93. The first-order valence-corrected chi connectivity index (χ1v) is 11.8. The molecule has 0 aliphatic heterocycles. The fraction of sp³-hybridized carbons (Fsp3) is 0.520. The van der Waals surface area contributed by atoms with Gasteiger partial charge in [0.05, 0.1) is 12.4 Å². The van der Waals surface area contributed by atoms with Crippen molar-refractivity contribution in [2.24, 2.45) is 0 Å². The number of carbonyl (C=O) groups excluding carboxylic acids is 1. The Bertz CT molecular complexity index is 1250. The zero-order valence-corrected chi connectivity index (χ0v) is 20.4. The van der Waals surface area contributed by atoms with Gasteiger partial charge in [-0.05, 0) is 50.3 Å². The van der Waals surface area contributed by atoms with Gasteiger partial charge in [-0.15, -0.1) is 0 Å². The molecule has 0 saturated carbocycles. The average Bonchev–Trinajstić information content (AvgIpc) is 3.20. The van der Waals surface area contributed by atoms with Crippen molar-refractivity contribution in [2.75, 3.05) is 0 Å². The van der Waals surface area contributed by atoms with Gasteiger partial charge in [-0.3, -0.25) is 14.2 Å². The van der Waals surface area contributed by atoms with E-state index < -0.39 is 11.2 Å². The Morgan fingerprint density at radius 2 is 1.73 bits per heavy atom. The number of amides is 1. The Hall–Kier alpha value is -3.16. The van der Waals surface area contributed by atoms with Crippen molar-refractivity contribution in [1.82, 2.24) is 24.0 Å². The zero-order chi connectivity index (χ0) is 24.1. The molecule has 0 aliphatic carbocycles. The number of hydrogen-bond donors (Lipinski definition) is 1. The lowest BCUT2D eigenvalue weighted by atomic mass is 10.0. The van der Waals surface area contributed by atoms with E-state index in [4.69, 9.17) is 0 Å². The molecule has 8 heteroatoms.